The van der Waals surface area contributed by atoms with E-state index in [-0.39, 0.29) is 10.6 Å². The van der Waals surface area contributed by atoms with Crippen LogP contribution in [0.3, 0.4) is 0 Å². The van der Waals surface area contributed by atoms with Gasteiger partial charge >= 0.3 is 0 Å². The molecule has 0 saturated heterocycles. The molecule has 0 unspecified atom stereocenters. The van der Waals surface area contributed by atoms with Crippen LogP contribution in [0.4, 0.5) is 14.5 Å². The van der Waals surface area contributed by atoms with Crippen LogP contribution in [0.5, 0.6) is 0 Å². The predicted molar refractivity (Wildman–Crippen MR) is 81.0 cm³/mol. The Morgan fingerprint density at radius 3 is 1.95 bits per heavy atom. The molecule has 0 fully saturated rings. The number of nitrogens with two attached hydrogens (primary N) is 1. The molecule has 0 aliphatic carbocycles. The third-order valence-corrected chi connectivity index (χ3v) is 4.33. The highest BCUT2D eigenvalue weighted by atomic mass is 32.2. The van der Waals surface area contributed by atoms with E-state index >= 15 is 0 Å². The van der Waals surface area contributed by atoms with Crippen LogP contribution in [-0.2, 0) is 5.75 Å². The zero-order chi connectivity index (χ0) is 14.9. The Morgan fingerprint density at radius 2 is 1.45 bits per heavy atom. The Morgan fingerprint density at radius 1 is 0.950 bits per heavy atom. The van der Waals surface area contributed by atoms with E-state index < -0.39 is 11.6 Å². The number of benzene rings is 2. The minimum absolute atomic E-state index is 0.0265. The van der Waals surface area contributed by atoms with E-state index in [4.69, 9.17) is 5.73 Å². The summed E-state index contributed by atoms with van der Waals surface area (Å²) in [7, 11) is 0. The highest BCUT2D eigenvalue weighted by molar-refractivity contribution is 7.98. The molecule has 0 aromatic heterocycles. The van der Waals surface area contributed by atoms with Crippen molar-refractivity contribution >= 4 is 17.4 Å². The van der Waals surface area contributed by atoms with Gasteiger partial charge in [0, 0.05) is 11.4 Å². The van der Waals surface area contributed by atoms with Crippen molar-refractivity contribution in [2.75, 3.05) is 5.73 Å². The lowest BCUT2D eigenvalue weighted by Gasteiger charge is -2.12. The number of hydrogen-bond acceptors (Lipinski definition) is 2. The summed E-state index contributed by atoms with van der Waals surface area (Å²) in [4.78, 5) is 0.0265. The van der Waals surface area contributed by atoms with Gasteiger partial charge in [0.25, 0.3) is 0 Å². The van der Waals surface area contributed by atoms with Gasteiger partial charge < -0.3 is 5.73 Å². The van der Waals surface area contributed by atoms with Gasteiger partial charge in [-0.05, 0) is 49.6 Å². The van der Waals surface area contributed by atoms with E-state index in [0.717, 1.165) is 40.6 Å². The van der Waals surface area contributed by atoms with Gasteiger partial charge in [-0.2, -0.15) is 0 Å². The van der Waals surface area contributed by atoms with Crippen molar-refractivity contribution < 1.29 is 8.78 Å². The molecule has 0 radical (unpaired) electrons. The molecular weight excluding hydrogens is 276 g/mol. The number of aryl methyl sites for hydroxylation is 3. The summed E-state index contributed by atoms with van der Waals surface area (Å²) in [5.41, 5.74) is 10.1. The summed E-state index contributed by atoms with van der Waals surface area (Å²) >= 11 is 1.16. The molecule has 0 amide bonds. The lowest BCUT2D eigenvalue weighted by molar-refractivity contribution is 0.542. The number of thioether (sulfide) groups is 1. The van der Waals surface area contributed by atoms with Crippen molar-refractivity contribution in [1.82, 2.24) is 0 Å². The van der Waals surface area contributed by atoms with Crippen LogP contribution in [0.15, 0.2) is 29.2 Å². The Labute approximate surface area is 122 Å². The van der Waals surface area contributed by atoms with Crippen LogP contribution in [0.25, 0.3) is 0 Å². The summed E-state index contributed by atoms with van der Waals surface area (Å²) in [6, 6.07) is 6.47. The van der Waals surface area contributed by atoms with Crippen LogP contribution in [-0.4, -0.2) is 0 Å². The highest BCUT2D eigenvalue weighted by Gasteiger charge is 2.12. The standard InChI is InChI=1S/C16H17F2NS/c1-9-4-10(2)13(11(3)5-9)8-20-16-14(17)6-12(19)7-15(16)18/h4-7H,8,19H2,1-3H3. The number of rotatable bonds is 3. The first-order valence-corrected chi connectivity index (χ1v) is 7.31. The van der Waals surface area contributed by atoms with Crippen LogP contribution < -0.4 is 5.73 Å². The van der Waals surface area contributed by atoms with Crippen molar-refractivity contribution in [2.24, 2.45) is 0 Å². The monoisotopic (exact) mass is 293 g/mol. The molecule has 20 heavy (non-hydrogen) atoms. The summed E-state index contributed by atoms with van der Waals surface area (Å²) in [6.45, 7) is 6.08. The van der Waals surface area contributed by atoms with Gasteiger partial charge in [0.15, 0.2) is 0 Å². The quantitative estimate of drug-likeness (QED) is 0.652. The predicted octanol–water partition coefficient (Wildman–Crippen LogP) is 4.76. The zero-order valence-electron chi connectivity index (χ0n) is 11.8. The maximum atomic E-state index is 13.7. The van der Waals surface area contributed by atoms with Crippen molar-refractivity contribution in [1.29, 1.82) is 0 Å². The Balaban J connectivity index is 2.26. The first-order chi connectivity index (χ1) is 9.38. The summed E-state index contributed by atoms with van der Waals surface area (Å²) in [5, 5.41) is 0. The highest BCUT2D eigenvalue weighted by Crippen LogP contribution is 2.31. The number of anilines is 1. The second-order valence-corrected chi connectivity index (χ2v) is 5.97. The van der Waals surface area contributed by atoms with Crippen molar-refractivity contribution in [2.45, 2.75) is 31.4 Å². The van der Waals surface area contributed by atoms with Gasteiger partial charge in [0.05, 0.1) is 4.90 Å². The molecule has 2 rings (SSSR count). The summed E-state index contributed by atoms with van der Waals surface area (Å²) in [5.74, 6) is -0.666. The van der Waals surface area contributed by atoms with Crippen molar-refractivity contribution in [3.8, 4) is 0 Å². The van der Waals surface area contributed by atoms with E-state index in [1.54, 1.807) is 0 Å². The first kappa shape index (κ1) is 14.9. The lowest BCUT2D eigenvalue weighted by atomic mass is 10.0. The second kappa shape index (κ2) is 5.83. The van der Waals surface area contributed by atoms with Gasteiger partial charge in [-0.1, -0.05) is 17.7 Å². The normalized spacial score (nSPS) is 10.8. The molecule has 2 aromatic rings. The molecule has 1 nitrogen and oxygen atoms in total. The van der Waals surface area contributed by atoms with Crippen molar-refractivity contribution in [3.63, 3.8) is 0 Å². The molecular formula is C16H17F2NS. The first-order valence-electron chi connectivity index (χ1n) is 6.32. The third-order valence-electron chi connectivity index (χ3n) is 3.22. The molecule has 2 N–H and O–H groups in total. The van der Waals surface area contributed by atoms with E-state index in [1.165, 1.54) is 5.56 Å². The zero-order valence-corrected chi connectivity index (χ0v) is 12.6. The van der Waals surface area contributed by atoms with Gasteiger partial charge in [-0.25, -0.2) is 8.78 Å². The Hall–Kier alpha value is -1.55. The minimum atomic E-state index is -0.602. The maximum absolute atomic E-state index is 13.7. The average molecular weight is 293 g/mol. The molecule has 0 saturated carbocycles. The SMILES string of the molecule is Cc1cc(C)c(CSc2c(F)cc(N)cc2F)c(C)c1. The Kier molecular flexibility index (Phi) is 4.33. The molecule has 4 heteroatoms. The molecule has 0 aliphatic rings. The third kappa shape index (κ3) is 3.12. The lowest BCUT2D eigenvalue weighted by Crippen LogP contribution is -1.96. The number of hydrogen-bond donors (Lipinski definition) is 1. The molecule has 0 atom stereocenters. The van der Waals surface area contributed by atoms with Crippen molar-refractivity contribution in [3.05, 3.63) is 58.2 Å². The minimum Gasteiger partial charge on any atom is -0.399 e. The molecule has 0 bridgehead atoms. The van der Waals surface area contributed by atoms with E-state index in [1.807, 2.05) is 20.8 Å². The number of nitrogen functional groups attached to an aromatic ring is 1. The van der Waals surface area contributed by atoms with Crippen LogP contribution in [0, 0.1) is 32.4 Å². The van der Waals surface area contributed by atoms with Crippen LogP contribution in [0.1, 0.15) is 22.3 Å². The van der Waals surface area contributed by atoms with Gasteiger partial charge in [-0.15, -0.1) is 11.8 Å². The fraction of sp³-hybridized carbons (Fsp3) is 0.250. The fourth-order valence-corrected chi connectivity index (χ4v) is 3.44. The number of halogens is 2. The molecule has 2 aromatic carbocycles. The fourth-order valence-electron chi connectivity index (χ4n) is 2.30. The Bertz CT molecular complexity index is 549. The second-order valence-electron chi connectivity index (χ2n) is 4.98. The maximum Gasteiger partial charge on any atom is 0.141 e. The van der Waals surface area contributed by atoms with Gasteiger partial charge in [0.1, 0.15) is 11.6 Å². The smallest absolute Gasteiger partial charge is 0.141 e. The summed E-state index contributed by atoms with van der Waals surface area (Å²) in [6.07, 6.45) is 0. The van der Waals surface area contributed by atoms with Crippen LogP contribution in [0.2, 0.25) is 0 Å². The van der Waals surface area contributed by atoms with E-state index in [9.17, 15) is 8.78 Å². The van der Waals surface area contributed by atoms with E-state index in [2.05, 4.69) is 12.1 Å². The topological polar surface area (TPSA) is 26.0 Å². The van der Waals surface area contributed by atoms with Gasteiger partial charge in [0.2, 0.25) is 0 Å². The van der Waals surface area contributed by atoms with Gasteiger partial charge in [-0.3, -0.25) is 0 Å². The molecule has 0 spiro atoms. The molecule has 106 valence electrons. The van der Waals surface area contributed by atoms with Crippen LogP contribution >= 0.6 is 11.8 Å². The average Bonchev–Trinajstić information content (AvgIpc) is 2.30. The largest absolute Gasteiger partial charge is 0.399 e. The molecule has 0 aliphatic heterocycles. The summed E-state index contributed by atoms with van der Waals surface area (Å²) < 4.78 is 27.5. The molecule has 0 heterocycles. The van der Waals surface area contributed by atoms with E-state index in [0.29, 0.717) is 5.75 Å².